The summed E-state index contributed by atoms with van der Waals surface area (Å²) in [7, 11) is 0. The molecular weight excluding hydrogens is 335 g/mol. The molecule has 6 heteroatoms. The van der Waals surface area contributed by atoms with E-state index in [1.54, 1.807) is 24.3 Å². The van der Waals surface area contributed by atoms with Gasteiger partial charge in [0.15, 0.2) is 6.61 Å². The quantitative estimate of drug-likeness (QED) is 0.810. The predicted octanol–water partition coefficient (Wildman–Crippen LogP) is 2.77. The normalized spacial score (nSPS) is 18.1. The Morgan fingerprint density at radius 1 is 1.12 bits per heavy atom. The maximum absolute atomic E-state index is 13.7. The third kappa shape index (κ3) is 4.20. The number of hydrogen-bond acceptors (Lipinski definition) is 3. The Morgan fingerprint density at radius 3 is 2.62 bits per heavy atom. The SMILES string of the molecule is Cc1ccc(OCC(=O)NNC(=O)C2CC2c2ccccc2F)cc1C. The number of ether oxygens (including phenoxy) is 1. The van der Waals surface area contributed by atoms with Gasteiger partial charge in [-0.15, -0.1) is 0 Å². The molecule has 1 aliphatic carbocycles. The van der Waals surface area contributed by atoms with E-state index >= 15 is 0 Å². The van der Waals surface area contributed by atoms with Crippen LogP contribution in [-0.2, 0) is 9.59 Å². The molecule has 26 heavy (non-hydrogen) atoms. The lowest BCUT2D eigenvalue weighted by atomic mass is 10.1. The van der Waals surface area contributed by atoms with Crippen molar-refractivity contribution in [2.45, 2.75) is 26.2 Å². The molecule has 0 spiro atoms. The third-order valence-corrected chi connectivity index (χ3v) is 4.61. The number of halogens is 1. The topological polar surface area (TPSA) is 67.4 Å². The van der Waals surface area contributed by atoms with Crippen LogP contribution in [0.15, 0.2) is 42.5 Å². The van der Waals surface area contributed by atoms with E-state index in [4.69, 9.17) is 4.74 Å². The van der Waals surface area contributed by atoms with E-state index in [9.17, 15) is 14.0 Å². The first-order chi connectivity index (χ1) is 12.5. The molecule has 0 bridgehead atoms. The van der Waals surface area contributed by atoms with Gasteiger partial charge in [-0.25, -0.2) is 4.39 Å². The van der Waals surface area contributed by atoms with Crippen molar-refractivity contribution in [3.05, 3.63) is 65.0 Å². The van der Waals surface area contributed by atoms with Gasteiger partial charge in [-0.05, 0) is 61.1 Å². The molecule has 5 nitrogen and oxygen atoms in total. The van der Waals surface area contributed by atoms with Gasteiger partial charge in [-0.2, -0.15) is 0 Å². The van der Waals surface area contributed by atoms with Crippen LogP contribution in [0.1, 0.15) is 29.0 Å². The summed E-state index contributed by atoms with van der Waals surface area (Å²) in [5.41, 5.74) is 7.46. The zero-order chi connectivity index (χ0) is 18.7. The van der Waals surface area contributed by atoms with Crippen LogP contribution in [0, 0.1) is 25.6 Å². The molecule has 3 rings (SSSR count). The van der Waals surface area contributed by atoms with Crippen LogP contribution in [0.3, 0.4) is 0 Å². The van der Waals surface area contributed by atoms with Gasteiger partial charge in [-0.1, -0.05) is 24.3 Å². The van der Waals surface area contributed by atoms with E-state index in [1.807, 2.05) is 26.0 Å². The molecule has 2 aromatic rings. The lowest BCUT2D eigenvalue weighted by molar-refractivity contribution is -0.130. The molecule has 0 aliphatic heterocycles. The van der Waals surface area contributed by atoms with Crippen LogP contribution >= 0.6 is 0 Å². The summed E-state index contributed by atoms with van der Waals surface area (Å²) < 4.78 is 19.1. The number of carbonyl (C=O) groups excluding carboxylic acids is 2. The molecule has 2 unspecified atom stereocenters. The number of benzene rings is 2. The van der Waals surface area contributed by atoms with Crippen molar-refractivity contribution in [3.8, 4) is 5.75 Å². The Bertz CT molecular complexity index is 838. The van der Waals surface area contributed by atoms with Gasteiger partial charge in [-0.3, -0.25) is 20.4 Å². The minimum atomic E-state index is -0.459. The highest BCUT2D eigenvalue weighted by molar-refractivity contribution is 5.86. The van der Waals surface area contributed by atoms with Gasteiger partial charge in [0.2, 0.25) is 5.91 Å². The first-order valence-corrected chi connectivity index (χ1v) is 8.49. The number of amides is 2. The highest BCUT2D eigenvalue weighted by atomic mass is 19.1. The molecule has 1 aliphatic rings. The minimum Gasteiger partial charge on any atom is -0.484 e. The second kappa shape index (κ2) is 7.56. The van der Waals surface area contributed by atoms with Crippen molar-refractivity contribution < 1.29 is 18.7 Å². The molecule has 2 atom stereocenters. The van der Waals surface area contributed by atoms with Crippen LogP contribution in [-0.4, -0.2) is 18.4 Å². The molecule has 1 saturated carbocycles. The largest absolute Gasteiger partial charge is 0.484 e. The third-order valence-electron chi connectivity index (χ3n) is 4.61. The fraction of sp³-hybridized carbons (Fsp3) is 0.300. The van der Waals surface area contributed by atoms with E-state index in [-0.39, 0.29) is 30.2 Å². The van der Waals surface area contributed by atoms with Crippen molar-refractivity contribution in [2.75, 3.05) is 6.61 Å². The molecule has 2 amide bonds. The lowest BCUT2D eigenvalue weighted by Gasteiger charge is -2.10. The highest BCUT2D eigenvalue weighted by Crippen LogP contribution is 2.48. The summed E-state index contributed by atoms with van der Waals surface area (Å²) >= 11 is 0. The summed E-state index contributed by atoms with van der Waals surface area (Å²) in [6, 6.07) is 12.0. The second-order valence-electron chi connectivity index (χ2n) is 6.54. The number of hydrazine groups is 1. The van der Waals surface area contributed by atoms with Crippen molar-refractivity contribution in [2.24, 2.45) is 5.92 Å². The molecule has 1 fully saturated rings. The number of nitrogens with one attached hydrogen (secondary N) is 2. The van der Waals surface area contributed by atoms with Gasteiger partial charge in [0.05, 0.1) is 0 Å². The maximum Gasteiger partial charge on any atom is 0.276 e. The molecular formula is C20H21FN2O3. The molecule has 2 aromatic carbocycles. The Labute approximate surface area is 151 Å². The number of aryl methyl sites for hydroxylation is 2. The van der Waals surface area contributed by atoms with Gasteiger partial charge < -0.3 is 4.74 Å². The molecule has 136 valence electrons. The standard InChI is InChI=1S/C20H21FN2O3/c1-12-7-8-14(9-13(12)2)26-11-19(24)22-23-20(25)17-10-16(17)15-5-3-4-6-18(15)21/h3-9,16-17H,10-11H2,1-2H3,(H,22,24)(H,23,25). The van der Waals surface area contributed by atoms with Gasteiger partial charge >= 0.3 is 0 Å². The Balaban J connectivity index is 1.43. The van der Waals surface area contributed by atoms with Crippen molar-refractivity contribution in [3.63, 3.8) is 0 Å². The van der Waals surface area contributed by atoms with Crippen LogP contribution in [0.25, 0.3) is 0 Å². The van der Waals surface area contributed by atoms with Crippen LogP contribution in [0.2, 0.25) is 0 Å². The zero-order valence-corrected chi connectivity index (χ0v) is 14.7. The van der Waals surface area contributed by atoms with Crippen molar-refractivity contribution >= 4 is 11.8 Å². The van der Waals surface area contributed by atoms with Crippen LogP contribution in [0.5, 0.6) is 5.75 Å². The summed E-state index contributed by atoms with van der Waals surface area (Å²) in [4.78, 5) is 23.9. The summed E-state index contributed by atoms with van der Waals surface area (Å²) in [6.07, 6.45) is 0.571. The first kappa shape index (κ1) is 17.9. The Morgan fingerprint density at radius 2 is 1.88 bits per heavy atom. The highest BCUT2D eigenvalue weighted by Gasteiger charge is 2.45. The van der Waals surface area contributed by atoms with E-state index in [1.165, 1.54) is 6.07 Å². The van der Waals surface area contributed by atoms with Crippen LogP contribution < -0.4 is 15.6 Å². The zero-order valence-electron chi connectivity index (χ0n) is 14.7. The molecule has 0 heterocycles. The average molecular weight is 356 g/mol. The summed E-state index contributed by atoms with van der Waals surface area (Å²) in [5.74, 6) is -0.958. The van der Waals surface area contributed by atoms with E-state index < -0.39 is 5.91 Å². The fourth-order valence-electron chi connectivity index (χ4n) is 2.82. The number of hydrogen-bond donors (Lipinski definition) is 2. The van der Waals surface area contributed by atoms with E-state index in [0.717, 1.165) is 11.1 Å². The van der Waals surface area contributed by atoms with E-state index in [0.29, 0.717) is 17.7 Å². The smallest absolute Gasteiger partial charge is 0.276 e. The maximum atomic E-state index is 13.7. The number of rotatable bonds is 5. The molecule has 2 N–H and O–H groups in total. The molecule has 0 radical (unpaired) electrons. The summed E-state index contributed by atoms with van der Waals surface area (Å²) in [6.45, 7) is 3.75. The van der Waals surface area contributed by atoms with Gasteiger partial charge in [0.25, 0.3) is 5.91 Å². The number of carbonyl (C=O) groups is 2. The van der Waals surface area contributed by atoms with Crippen molar-refractivity contribution in [1.29, 1.82) is 0 Å². The Kier molecular flexibility index (Phi) is 5.21. The minimum absolute atomic E-state index is 0.139. The van der Waals surface area contributed by atoms with Gasteiger partial charge in [0, 0.05) is 5.92 Å². The first-order valence-electron chi connectivity index (χ1n) is 8.49. The average Bonchev–Trinajstić information content (AvgIpc) is 3.41. The van der Waals surface area contributed by atoms with Crippen molar-refractivity contribution in [1.82, 2.24) is 10.9 Å². The van der Waals surface area contributed by atoms with Crippen LogP contribution in [0.4, 0.5) is 4.39 Å². The van der Waals surface area contributed by atoms with Gasteiger partial charge in [0.1, 0.15) is 11.6 Å². The lowest BCUT2D eigenvalue weighted by Crippen LogP contribution is -2.44. The summed E-state index contributed by atoms with van der Waals surface area (Å²) in [5, 5.41) is 0. The second-order valence-corrected chi connectivity index (χ2v) is 6.54. The fourth-order valence-corrected chi connectivity index (χ4v) is 2.82. The van der Waals surface area contributed by atoms with E-state index in [2.05, 4.69) is 10.9 Å². The molecule has 0 saturated heterocycles. The Hall–Kier alpha value is -2.89. The monoisotopic (exact) mass is 356 g/mol. The molecule has 0 aromatic heterocycles. The predicted molar refractivity (Wildman–Crippen MR) is 94.9 cm³/mol.